The number of rotatable bonds is 7. The largest absolute Gasteiger partial charge is 0.444 e. The van der Waals surface area contributed by atoms with Crippen LogP contribution in [0, 0.1) is 0 Å². The predicted octanol–water partition coefficient (Wildman–Crippen LogP) is 2.23. The molecule has 0 spiro atoms. The van der Waals surface area contributed by atoms with Crippen LogP contribution < -0.4 is 10.0 Å². The second kappa shape index (κ2) is 8.90. The Labute approximate surface area is 160 Å². The Kier molecular flexibility index (Phi) is 7.07. The molecule has 3 N–H and O–H groups in total. The average Bonchev–Trinajstić information content (AvgIpc) is 3.00. The van der Waals surface area contributed by atoms with Crippen molar-refractivity contribution < 1.29 is 23.1 Å². The molecular formula is C18H29N3O5S. The summed E-state index contributed by atoms with van der Waals surface area (Å²) in [6.07, 6.45) is 1.31. The van der Waals surface area contributed by atoms with Crippen LogP contribution in [0.5, 0.6) is 0 Å². The first-order valence-electron chi connectivity index (χ1n) is 9.03. The Balaban J connectivity index is 1.86. The fourth-order valence-corrected chi connectivity index (χ4v) is 3.98. The van der Waals surface area contributed by atoms with E-state index in [-0.39, 0.29) is 18.4 Å². The highest BCUT2D eigenvalue weighted by atomic mass is 32.2. The monoisotopic (exact) mass is 399 g/mol. The van der Waals surface area contributed by atoms with Crippen LogP contribution in [-0.2, 0) is 14.8 Å². The van der Waals surface area contributed by atoms with Crippen molar-refractivity contribution in [2.75, 3.05) is 35.5 Å². The van der Waals surface area contributed by atoms with Gasteiger partial charge in [0.2, 0.25) is 10.0 Å². The second-order valence-corrected chi connectivity index (χ2v) is 9.48. The van der Waals surface area contributed by atoms with E-state index in [4.69, 9.17) is 4.74 Å². The third-order valence-corrected chi connectivity index (χ3v) is 5.43. The number of aliphatic hydroxyl groups excluding tert-OH is 1. The molecule has 1 aromatic rings. The molecule has 152 valence electrons. The summed E-state index contributed by atoms with van der Waals surface area (Å²) in [5, 5.41) is 11.9. The Bertz CT molecular complexity index is 728. The van der Waals surface area contributed by atoms with Crippen molar-refractivity contribution in [1.29, 1.82) is 0 Å². The zero-order valence-corrected chi connectivity index (χ0v) is 16.9. The molecule has 8 nitrogen and oxygen atoms in total. The number of carbonyl (C=O) groups is 1. The molecular weight excluding hydrogens is 370 g/mol. The van der Waals surface area contributed by atoms with Crippen LogP contribution in [0.1, 0.15) is 33.6 Å². The number of amides is 1. The summed E-state index contributed by atoms with van der Waals surface area (Å²) >= 11 is 0. The number of nitrogens with zero attached hydrogens (tertiary/aromatic N) is 1. The molecule has 1 fully saturated rings. The summed E-state index contributed by atoms with van der Waals surface area (Å²) in [5.74, 6) is -0.0403. The molecule has 1 aromatic carbocycles. The van der Waals surface area contributed by atoms with Gasteiger partial charge in [0, 0.05) is 24.0 Å². The van der Waals surface area contributed by atoms with Crippen LogP contribution in [0.3, 0.4) is 0 Å². The number of likely N-dealkylation sites (tertiary alicyclic amines) is 1. The van der Waals surface area contributed by atoms with Crippen LogP contribution >= 0.6 is 0 Å². The van der Waals surface area contributed by atoms with Gasteiger partial charge in [0.1, 0.15) is 5.60 Å². The third-order valence-electron chi connectivity index (χ3n) is 4.16. The van der Waals surface area contributed by atoms with Gasteiger partial charge in [-0.05, 0) is 64.4 Å². The molecule has 1 amide bonds. The van der Waals surface area contributed by atoms with E-state index in [0.29, 0.717) is 17.9 Å². The average molecular weight is 400 g/mol. The normalized spacial score (nSPS) is 18.3. The molecule has 1 heterocycles. The minimum absolute atomic E-state index is 0.0403. The lowest BCUT2D eigenvalue weighted by molar-refractivity contribution is 0.0636. The molecule has 1 aliphatic rings. The van der Waals surface area contributed by atoms with Crippen LogP contribution in [0.4, 0.5) is 16.2 Å². The van der Waals surface area contributed by atoms with Gasteiger partial charge < -0.3 is 9.84 Å². The molecule has 1 atom stereocenters. The quantitative estimate of drug-likeness (QED) is 0.649. The molecule has 9 heteroatoms. The molecule has 2 rings (SSSR count). The molecule has 0 unspecified atom stereocenters. The van der Waals surface area contributed by atoms with Gasteiger partial charge in [-0.25, -0.2) is 13.2 Å². The van der Waals surface area contributed by atoms with Crippen LogP contribution in [-0.4, -0.2) is 61.6 Å². The highest BCUT2D eigenvalue weighted by Crippen LogP contribution is 2.18. The lowest BCUT2D eigenvalue weighted by Crippen LogP contribution is -2.36. The van der Waals surface area contributed by atoms with Gasteiger partial charge in [0.15, 0.2) is 0 Å². The SMILES string of the molecule is CC(C)(C)OC(=O)Nc1ccc(NS(=O)(=O)CCN2CCC[C@H]2CO)cc1. The fourth-order valence-electron chi connectivity index (χ4n) is 2.91. The van der Waals surface area contributed by atoms with Crippen LogP contribution in [0.15, 0.2) is 24.3 Å². The third kappa shape index (κ3) is 7.36. The summed E-state index contributed by atoms with van der Waals surface area (Å²) in [5.41, 5.74) is 0.337. The molecule has 27 heavy (non-hydrogen) atoms. The lowest BCUT2D eigenvalue weighted by atomic mass is 10.2. The molecule has 0 saturated carbocycles. The van der Waals surface area contributed by atoms with Gasteiger partial charge >= 0.3 is 6.09 Å². The maximum absolute atomic E-state index is 12.3. The Hall–Kier alpha value is -1.84. The van der Waals surface area contributed by atoms with Crippen molar-refractivity contribution in [3.05, 3.63) is 24.3 Å². The maximum Gasteiger partial charge on any atom is 0.412 e. The molecule has 1 aliphatic heterocycles. The van der Waals surface area contributed by atoms with Gasteiger partial charge in [-0.3, -0.25) is 14.9 Å². The molecule has 0 aromatic heterocycles. The van der Waals surface area contributed by atoms with Crippen molar-refractivity contribution in [3.63, 3.8) is 0 Å². The Morgan fingerprint density at radius 3 is 2.48 bits per heavy atom. The number of sulfonamides is 1. The van der Waals surface area contributed by atoms with E-state index in [0.717, 1.165) is 19.4 Å². The van der Waals surface area contributed by atoms with Crippen LogP contribution in [0.25, 0.3) is 0 Å². The first-order chi connectivity index (χ1) is 12.6. The van der Waals surface area contributed by atoms with E-state index in [2.05, 4.69) is 10.0 Å². The highest BCUT2D eigenvalue weighted by molar-refractivity contribution is 7.92. The predicted molar refractivity (Wildman–Crippen MR) is 105 cm³/mol. The van der Waals surface area contributed by atoms with Gasteiger partial charge in [0.05, 0.1) is 12.4 Å². The topological polar surface area (TPSA) is 108 Å². The van der Waals surface area contributed by atoms with E-state index in [1.54, 1.807) is 45.0 Å². The zero-order chi connectivity index (χ0) is 20.1. The van der Waals surface area contributed by atoms with Crippen molar-refractivity contribution in [2.45, 2.75) is 45.3 Å². The summed E-state index contributed by atoms with van der Waals surface area (Å²) < 4.78 is 32.3. The smallest absolute Gasteiger partial charge is 0.412 e. The molecule has 0 radical (unpaired) electrons. The van der Waals surface area contributed by atoms with Crippen molar-refractivity contribution in [1.82, 2.24) is 4.90 Å². The van der Waals surface area contributed by atoms with Gasteiger partial charge in [0.25, 0.3) is 0 Å². The van der Waals surface area contributed by atoms with Crippen molar-refractivity contribution in [2.24, 2.45) is 0 Å². The summed E-state index contributed by atoms with van der Waals surface area (Å²) in [7, 11) is -3.50. The van der Waals surface area contributed by atoms with Gasteiger partial charge in [-0.15, -0.1) is 0 Å². The lowest BCUT2D eigenvalue weighted by Gasteiger charge is -2.22. The van der Waals surface area contributed by atoms with E-state index in [9.17, 15) is 18.3 Å². The van der Waals surface area contributed by atoms with Crippen molar-refractivity contribution >= 4 is 27.5 Å². The number of anilines is 2. The number of nitrogens with one attached hydrogen (secondary N) is 2. The van der Waals surface area contributed by atoms with Gasteiger partial charge in [-0.1, -0.05) is 0 Å². The molecule has 0 aliphatic carbocycles. The summed E-state index contributed by atoms with van der Waals surface area (Å²) in [6, 6.07) is 6.42. The minimum atomic E-state index is -3.50. The number of hydrogen-bond acceptors (Lipinski definition) is 6. The number of benzene rings is 1. The highest BCUT2D eigenvalue weighted by Gasteiger charge is 2.25. The van der Waals surface area contributed by atoms with Crippen LogP contribution in [0.2, 0.25) is 0 Å². The first-order valence-corrected chi connectivity index (χ1v) is 10.7. The van der Waals surface area contributed by atoms with E-state index in [1.165, 1.54) is 0 Å². The number of ether oxygens (including phenoxy) is 1. The van der Waals surface area contributed by atoms with E-state index in [1.807, 2.05) is 4.90 Å². The van der Waals surface area contributed by atoms with E-state index >= 15 is 0 Å². The number of aliphatic hydroxyl groups is 1. The zero-order valence-electron chi connectivity index (χ0n) is 16.1. The Morgan fingerprint density at radius 2 is 1.89 bits per heavy atom. The first kappa shape index (κ1) is 21.5. The Morgan fingerprint density at radius 1 is 1.26 bits per heavy atom. The molecule has 0 bridgehead atoms. The molecule has 1 saturated heterocycles. The number of hydrogen-bond donors (Lipinski definition) is 3. The minimum Gasteiger partial charge on any atom is -0.444 e. The van der Waals surface area contributed by atoms with Gasteiger partial charge in [-0.2, -0.15) is 0 Å². The standard InChI is InChI=1S/C18H29N3O5S/c1-18(2,3)26-17(23)19-14-6-8-15(9-7-14)20-27(24,25)12-11-21-10-4-5-16(21)13-22/h6-9,16,20,22H,4-5,10-13H2,1-3H3,(H,19,23)/t16-/m0/s1. The van der Waals surface area contributed by atoms with Crippen molar-refractivity contribution in [3.8, 4) is 0 Å². The second-order valence-electron chi connectivity index (χ2n) is 7.64. The summed E-state index contributed by atoms with van der Waals surface area (Å²) in [4.78, 5) is 13.7. The number of carbonyl (C=O) groups excluding carboxylic acids is 1. The fraction of sp³-hybridized carbons (Fsp3) is 0.611. The van der Waals surface area contributed by atoms with E-state index < -0.39 is 21.7 Å². The summed E-state index contributed by atoms with van der Waals surface area (Å²) in [6.45, 7) is 6.57. The maximum atomic E-state index is 12.3.